The predicted molar refractivity (Wildman–Crippen MR) is 94.5 cm³/mol. The van der Waals surface area contributed by atoms with Gasteiger partial charge in [0.15, 0.2) is 0 Å². The first-order chi connectivity index (χ1) is 12.1. The van der Waals surface area contributed by atoms with Gasteiger partial charge in [-0.1, -0.05) is 30.3 Å². The van der Waals surface area contributed by atoms with Crippen LogP contribution < -0.4 is 5.32 Å². The lowest BCUT2D eigenvalue weighted by atomic mass is 9.49. The lowest BCUT2D eigenvalue weighted by Gasteiger charge is -2.56. The van der Waals surface area contributed by atoms with E-state index >= 15 is 0 Å². The van der Waals surface area contributed by atoms with Gasteiger partial charge in [-0.2, -0.15) is 0 Å². The van der Waals surface area contributed by atoms with Gasteiger partial charge in [0.2, 0.25) is 5.91 Å². The molecular weight excluding hydrogens is 314 g/mol. The Morgan fingerprint density at radius 1 is 1.00 bits per heavy atom. The van der Waals surface area contributed by atoms with E-state index in [1.54, 1.807) is 0 Å². The van der Waals surface area contributed by atoms with Gasteiger partial charge < -0.3 is 10.1 Å². The minimum atomic E-state index is -0.372. The van der Waals surface area contributed by atoms with Crippen molar-refractivity contribution in [3.63, 3.8) is 0 Å². The number of ether oxygens (including phenoxy) is 1. The fourth-order valence-corrected chi connectivity index (χ4v) is 5.87. The summed E-state index contributed by atoms with van der Waals surface area (Å²) >= 11 is 0. The van der Waals surface area contributed by atoms with Gasteiger partial charge in [-0.3, -0.25) is 9.59 Å². The zero-order chi connectivity index (χ0) is 17.3. The second-order valence-corrected chi connectivity index (χ2v) is 8.52. The molecule has 0 aromatic heterocycles. The van der Waals surface area contributed by atoms with E-state index in [0.29, 0.717) is 6.42 Å². The Hall–Kier alpha value is -1.84. The molecule has 0 radical (unpaired) electrons. The van der Waals surface area contributed by atoms with Crippen LogP contribution in [-0.2, 0) is 20.9 Å². The average molecular weight is 341 g/mol. The number of hydrogen-bond donors (Lipinski definition) is 1. The first-order valence-corrected chi connectivity index (χ1v) is 9.56. The number of carbonyl (C=O) groups excluding carboxylic acids is 2. The maximum Gasteiger partial charge on any atom is 0.325 e. The predicted octanol–water partition coefficient (Wildman–Crippen LogP) is 3.45. The fraction of sp³-hybridized carbons (Fsp3) is 0.619. The van der Waals surface area contributed by atoms with Crippen LogP contribution in [-0.4, -0.2) is 18.4 Å². The molecule has 4 saturated carbocycles. The molecule has 1 N–H and O–H groups in total. The standard InChI is InChI=1S/C21H27NO3/c23-19(22-13-20(24)25-14-15-4-2-1-3-5-15)12-21-9-16-6-17(10-21)8-18(7-16)11-21/h1-5,16-18H,6-14H2,(H,22,23). The smallest absolute Gasteiger partial charge is 0.325 e. The van der Waals surface area contributed by atoms with Crippen molar-refractivity contribution in [3.8, 4) is 0 Å². The van der Waals surface area contributed by atoms with E-state index in [0.717, 1.165) is 23.3 Å². The average Bonchev–Trinajstić information content (AvgIpc) is 2.57. The van der Waals surface area contributed by atoms with Gasteiger partial charge in [0.25, 0.3) is 0 Å². The third kappa shape index (κ3) is 3.88. The molecule has 0 spiro atoms. The lowest BCUT2D eigenvalue weighted by Crippen LogP contribution is -2.48. The van der Waals surface area contributed by atoms with E-state index in [2.05, 4.69) is 5.32 Å². The van der Waals surface area contributed by atoms with Crippen LogP contribution in [0.2, 0.25) is 0 Å². The Kier molecular flexibility index (Phi) is 4.53. The number of esters is 1. The normalized spacial score (nSPS) is 32.4. The van der Waals surface area contributed by atoms with Crippen molar-refractivity contribution in [1.82, 2.24) is 5.32 Å². The van der Waals surface area contributed by atoms with Gasteiger partial charge in [0.05, 0.1) is 0 Å². The van der Waals surface area contributed by atoms with Crippen LogP contribution in [0.25, 0.3) is 0 Å². The Morgan fingerprint density at radius 2 is 1.60 bits per heavy atom. The summed E-state index contributed by atoms with van der Waals surface area (Å²) in [6.45, 7) is 0.225. The number of hydrogen-bond acceptors (Lipinski definition) is 3. The summed E-state index contributed by atoms with van der Waals surface area (Å²) in [4.78, 5) is 24.2. The Balaban J connectivity index is 1.22. The maximum absolute atomic E-state index is 12.4. The number of benzene rings is 1. The molecule has 4 nitrogen and oxygen atoms in total. The Bertz CT molecular complexity index is 605. The summed E-state index contributed by atoms with van der Waals surface area (Å²) in [5, 5.41) is 2.78. The van der Waals surface area contributed by atoms with E-state index in [1.165, 1.54) is 38.5 Å². The molecular formula is C21H27NO3. The van der Waals surface area contributed by atoms with Crippen LogP contribution in [0.15, 0.2) is 30.3 Å². The molecule has 1 aromatic rings. The second-order valence-electron chi connectivity index (χ2n) is 8.52. The third-order valence-electron chi connectivity index (χ3n) is 6.37. The van der Waals surface area contributed by atoms with Gasteiger partial charge in [-0.05, 0) is 67.3 Å². The Morgan fingerprint density at radius 3 is 2.20 bits per heavy atom. The molecule has 1 amide bonds. The number of nitrogens with one attached hydrogen (secondary N) is 1. The molecule has 0 unspecified atom stereocenters. The number of amides is 1. The highest BCUT2D eigenvalue weighted by Gasteiger charge is 2.51. The van der Waals surface area contributed by atoms with Crippen LogP contribution in [0.5, 0.6) is 0 Å². The van der Waals surface area contributed by atoms with Crippen molar-refractivity contribution in [2.24, 2.45) is 23.2 Å². The van der Waals surface area contributed by atoms with E-state index in [9.17, 15) is 9.59 Å². The zero-order valence-corrected chi connectivity index (χ0v) is 14.7. The van der Waals surface area contributed by atoms with Crippen molar-refractivity contribution in [2.45, 2.75) is 51.6 Å². The van der Waals surface area contributed by atoms with Crippen LogP contribution in [0, 0.1) is 23.2 Å². The highest BCUT2D eigenvalue weighted by atomic mass is 16.5. The first kappa shape index (κ1) is 16.6. The quantitative estimate of drug-likeness (QED) is 0.806. The molecule has 4 fully saturated rings. The summed E-state index contributed by atoms with van der Waals surface area (Å²) < 4.78 is 5.22. The van der Waals surface area contributed by atoms with Crippen molar-refractivity contribution >= 4 is 11.9 Å². The Labute approximate surface area is 149 Å². The van der Waals surface area contributed by atoms with Crippen LogP contribution in [0.1, 0.15) is 50.5 Å². The summed E-state index contributed by atoms with van der Waals surface area (Å²) in [6, 6.07) is 9.58. The minimum Gasteiger partial charge on any atom is -0.460 e. The largest absolute Gasteiger partial charge is 0.460 e. The zero-order valence-electron chi connectivity index (χ0n) is 14.7. The van der Waals surface area contributed by atoms with Crippen LogP contribution in [0.3, 0.4) is 0 Å². The molecule has 4 bridgehead atoms. The molecule has 4 aliphatic carbocycles. The molecule has 25 heavy (non-hydrogen) atoms. The van der Waals surface area contributed by atoms with Gasteiger partial charge in [0, 0.05) is 6.42 Å². The van der Waals surface area contributed by atoms with Crippen molar-refractivity contribution in [3.05, 3.63) is 35.9 Å². The van der Waals surface area contributed by atoms with Gasteiger partial charge in [-0.25, -0.2) is 0 Å². The topological polar surface area (TPSA) is 55.4 Å². The summed E-state index contributed by atoms with van der Waals surface area (Å²) in [6.07, 6.45) is 8.37. The minimum absolute atomic E-state index is 0.0126. The monoisotopic (exact) mass is 341 g/mol. The molecule has 4 heteroatoms. The molecule has 4 aliphatic rings. The fourth-order valence-electron chi connectivity index (χ4n) is 5.87. The number of carbonyl (C=O) groups is 2. The maximum atomic E-state index is 12.4. The molecule has 0 atom stereocenters. The molecule has 1 aromatic carbocycles. The second kappa shape index (κ2) is 6.81. The van der Waals surface area contributed by atoms with E-state index < -0.39 is 0 Å². The van der Waals surface area contributed by atoms with Crippen molar-refractivity contribution in [1.29, 1.82) is 0 Å². The molecule has 0 saturated heterocycles. The van der Waals surface area contributed by atoms with E-state index in [1.807, 2.05) is 30.3 Å². The van der Waals surface area contributed by atoms with E-state index in [4.69, 9.17) is 4.74 Å². The molecule has 5 rings (SSSR count). The van der Waals surface area contributed by atoms with Crippen molar-refractivity contribution in [2.75, 3.05) is 6.54 Å². The molecule has 0 aliphatic heterocycles. The van der Waals surface area contributed by atoms with Crippen molar-refractivity contribution < 1.29 is 14.3 Å². The van der Waals surface area contributed by atoms with Crippen LogP contribution in [0.4, 0.5) is 0 Å². The highest BCUT2D eigenvalue weighted by Crippen LogP contribution is 2.61. The molecule has 0 heterocycles. The molecule has 134 valence electrons. The lowest BCUT2D eigenvalue weighted by molar-refractivity contribution is -0.146. The SMILES string of the molecule is O=C(CC12CC3CC(CC(C3)C1)C2)NCC(=O)OCc1ccccc1. The van der Waals surface area contributed by atoms with Crippen LogP contribution >= 0.6 is 0 Å². The third-order valence-corrected chi connectivity index (χ3v) is 6.37. The summed E-state index contributed by atoms with van der Waals surface area (Å²) in [5.74, 6) is 2.17. The van der Waals surface area contributed by atoms with E-state index in [-0.39, 0.29) is 30.4 Å². The number of rotatable bonds is 6. The van der Waals surface area contributed by atoms with Gasteiger partial charge in [-0.15, -0.1) is 0 Å². The summed E-state index contributed by atoms with van der Waals surface area (Å²) in [7, 11) is 0. The highest BCUT2D eigenvalue weighted by molar-refractivity contribution is 5.82. The first-order valence-electron chi connectivity index (χ1n) is 9.56. The summed E-state index contributed by atoms with van der Waals surface area (Å²) in [5.41, 5.74) is 1.17. The van der Waals surface area contributed by atoms with Gasteiger partial charge >= 0.3 is 5.97 Å². The van der Waals surface area contributed by atoms with Gasteiger partial charge in [0.1, 0.15) is 13.2 Å².